The molecule has 0 aliphatic heterocycles. The van der Waals surface area contributed by atoms with E-state index in [4.69, 9.17) is 40.5 Å². The molecule has 2 heterocycles. The van der Waals surface area contributed by atoms with Gasteiger partial charge in [-0.2, -0.15) is 0 Å². The number of anilines is 2. The van der Waals surface area contributed by atoms with Gasteiger partial charge in [-0.25, -0.2) is 4.98 Å². The summed E-state index contributed by atoms with van der Waals surface area (Å²) in [6.07, 6.45) is 3.18. The largest absolute Gasteiger partial charge is 0.365 e. The van der Waals surface area contributed by atoms with Crippen molar-refractivity contribution in [2.75, 3.05) is 5.32 Å². The minimum atomic E-state index is -0.715. The van der Waals surface area contributed by atoms with E-state index in [0.29, 0.717) is 10.7 Å². The van der Waals surface area contributed by atoms with Crippen LogP contribution < -0.4 is 11.1 Å². The molecule has 2 rings (SSSR count). The van der Waals surface area contributed by atoms with Crippen LogP contribution in [-0.4, -0.2) is 15.9 Å². The summed E-state index contributed by atoms with van der Waals surface area (Å²) in [5.41, 5.74) is 6.86. The molecule has 0 aliphatic carbocycles. The topological polar surface area (TPSA) is 80.9 Å². The van der Waals surface area contributed by atoms with E-state index >= 15 is 0 Å². The van der Waals surface area contributed by atoms with Crippen LogP contribution in [0, 0.1) is 0 Å². The average Bonchev–Trinajstić information content (AvgIpc) is 2.39. The quantitative estimate of drug-likeness (QED) is 0.793. The Hall–Kier alpha value is -1.56. The number of halogens is 3. The Bertz CT molecular complexity index is 734. The Kier molecular flexibility index (Phi) is 5.11. The van der Waals surface area contributed by atoms with Crippen molar-refractivity contribution < 1.29 is 4.79 Å². The number of nitrogens with one attached hydrogen (secondary N) is 1. The lowest BCUT2D eigenvalue weighted by molar-refractivity contribution is 0.100. The van der Waals surface area contributed by atoms with Crippen LogP contribution in [0.2, 0.25) is 15.2 Å². The number of primary amides is 1. The van der Waals surface area contributed by atoms with Crippen molar-refractivity contribution in [2.45, 2.75) is 19.8 Å². The molecule has 2 aromatic heterocycles. The van der Waals surface area contributed by atoms with Crippen LogP contribution in [0.25, 0.3) is 0 Å². The van der Waals surface area contributed by atoms with Crippen molar-refractivity contribution in [2.24, 2.45) is 5.73 Å². The molecule has 0 saturated heterocycles. The van der Waals surface area contributed by atoms with Crippen LogP contribution in [0.15, 0.2) is 18.5 Å². The second-order valence-corrected chi connectivity index (χ2v) is 6.08. The zero-order valence-corrected chi connectivity index (χ0v) is 14.1. The predicted octanol–water partition coefficient (Wildman–Crippen LogP) is 4.40. The van der Waals surface area contributed by atoms with Crippen molar-refractivity contribution in [3.8, 4) is 0 Å². The summed E-state index contributed by atoms with van der Waals surface area (Å²) in [7, 11) is 0. The first-order valence-electron chi connectivity index (χ1n) is 6.37. The molecular formula is C14H13Cl3N4O. The maximum atomic E-state index is 11.6. The number of carbonyl (C=O) groups is 1. The monoisotopic (exact) mass is 358 g/mol. The van der Waals surface area contributed by atoms with Crippen LogP contribution >= 0.6 is 34.8 Å². The van der Waals surface area contributed by atoms with Gasteiger partial charge in [0.1, 0.15) is 16.5 Å². The van der Waals surface area contributed by atoms with Crippen LogP contribution in [-0.2, 0) is 0 Å². The lowest BCUT2D eigenvalue weighted by Gasteiger charge is -2.17. The van der Waals surface area contributed by atoms with E-state index < -0.39 is 5.91 Å². The smallest absolute Gasteiger partial charge is 0.253 e. The molecule has 116 valence electrons. The van der Waals surface area contributed by atoms with Gasteiger partial charge < -0.3 is 11.1 Å². The van der Waals surface area contributed by atoms with Crippen molar-refractivity contribution in [3.05, 3.63) is 44.8 Å². The molecule has 5 nitrogen and oxygen atoms in total. The van der Waals surface area contributed by atoms with Gasteiger partial charge in [0.2, 0.25) is 0 Å². The van der Waals surface area contributed by atoms with Gasteiger partial charge in [0.15, 0.2) is 0 Å². The van der Waals surface area contributed by atoms with E-state index in [2.05, 4.69) is 15.3 Å². The molecule has 0 aromatic carbocycles. The first-order valence-corrected chi connectivity index (χ1v) is 7.51. The second-order valence-electron chi connectivity index (χ2n) is 4.88. The third kappa shape index (κ3) is 3.43. The Labute approximate surface area is 142 Å². The first-order chi connectivity index (χ1) is 10.3. The van der Waals surface area contributed by atoms with E-state index in [-0.39, 0.29) is 27.5 Å². The number of aromatic nitrogens is 2. The number of carbonyl (C=O) groups excluding carboxylic acids is 1. The van der Waals surface area contributed by atoms with E-state index in [1.54, 1.807) is 6.20 Å². The molecule has 0 unspecified atom stereocenters. The van der Waals surface area contributed by atoms with E-state index in [0.717, 1.165) is 5.56 Å². The van der Waals surface area contributed by atoms with Crippen LogP contribution in [0.4, 0.5) is 11.5 Å². The zero-order valence-electron chi connectivity index (χ0n) is 11.8. The fraction of sp³-hybridized carbons (Fsp3) is 0.214. The van der Waals surface area contributed by atoms with E-state index in [9.17, 15) is 4.79 Å². The molecule has 0 aliphatic rings. The van der Waals surface area contributed by atoms with Gasteiger partial charge in [-0.15, -0.1) is 0 Å². The Balaban J connectivity index is 2.59. The molecule has 0 spiro atoms. The number of pyridine rings is 2. The molecular weight excluding hydrogens is 347 g/mol. The van der Waals surface area contributed by atoms with Crippen LogP contribution in [0.1, 0.15) is 35.7 Å². The third-order valence-electron chi connectivity index (χ3n) is 2.98. The molecule has 2 aromatic rings. The van der Waals surface area contributed by atoms with Crippen molar-refractivity contribution in [1.29, 1.82) is 0 Å². The van der Waals surface area contributed by atoms with Crippen molar-refractivity contribution >= 4 is 52.2 Å². The van der Waals surface area contributed by atoms with Crippen molar-refractivity contribution in [3.63, 3.8) is 0 Å². The number of nitrogens with zero attached hydrogens (tertiary/aromatic N) is 2. The summed E-state index contributed by atoms with van der Waals surface area (Å²) >= 11 is 18.1. The van der Waals surface area contributed by atoms with Gasteiger partial charge in [0.05, 0.1) is 15.7 Å². The first kappa shape index (κ1) is 16.8. The maximum Gasteiger partial charge on any atom is 0.253 e. The zero-order chi connectivity index (χ0) is 16.4. The summed E-state index contributed by atoms with van der Waals surface area (Å²) in [4.78, 5) is 19.8. The standard InChI is InChI=1S/C14H13Cl3N4O/c1-6(2)7-4-19-5-9(16)12(7)21-14-11(13(18)22)8(15)3-10(17)20-14/h3-6H,1-2H3,(H2,18,22)(H,19,20,21). The highest BCUT2D eigenvalue weighted by Gasteiger charge is 2.19. The summed E-state index contributed by atoms with van der Waals surface area (Å²) in [5.74, 6) is -0.409. The molecule has 3 N–H and O–H groups in total. The number of hydrogen-bond donors (Lipinski definition) is 2. The van der Waals surface area contributed by atoms with Gasteiger partial charge >= 0.3 is 0 Å². The summed E-state index contributed by atoms with van der Waals surface area (Å²) in [5, 5.41) is 3.64. The molecule has 0 saturated carbocycles. The Morgan fingerprint density at radius 2 is 1.91 bits per heavy atom. The number of hydrogen-bond acceptors (Lipinski definition) is 4. The summed E-state index contributed by atoms with van der Waals surface area (Å²) in [6.45, 7) is 3.98. The Morgan fingerprint density at radius 3 is 2.50 bits per heavy atom. The molecule has 0 atom stereocenters. The van der Waals surface area contributed by atoms with Gasteiger partial charge in [0.25, 0.3) is 5.91 Å². The van der Waals surface area contributed by atoms with Gasteiger partial charge in [-0.3, -0.25) is 9.78 Å². The molecule has 22 heavy (non-hydrogen) atoms. The van der Waals surface area contributed by atoms with Gasteiger partial charge in [-0.05, 0) is 17.5 Å². The average molecular weight is 360 g/mol. The number of nitrogens with two attached hydrogens (primary N) is 1. The lowest BCUT2D eigenvalue weighted by Crippen LogP contribution is -2.15. The molecule has 8 heteroatoms. The highest BCUT2D eigenvalue weighted by molar-refractivity contribution is 6.37. The summed E-state index contributed by atoms with van der Waals surface area (Å²) < 4.78 is 0. The number of rotatable bonds is 4. The second kappa shape index (κ2) is 6.69. The number of amides is 1. The van der Waals surface area contributed by atoms with Crippen molar-refractivity contribution in [1.82, 2.24) is 9.97 Å². The maximum absolute atomic E-state index is 11.6. The van der Waals surface area contributed by atoms with Gasteiger partial charge in [-0.1, -0.05) is 48.7 Å². The fourth-order valence-electron chi connectivity index (χ4n) is 1.95. The molecule has 0 fully saturated rings. The SMILES string of the molecule is CC(C)c1cncc(Cl)c1Nc1nc(Cl)cc(Cl)c1C(N)=O. The highest BCUT2D eigenvalue weighted by atomic mass is 35.5. The molecule has 0 bridgehead atoms. The highest BCUT2D eigenvalue weighted by Crippen LogP contribution is 2.35. The van der Waals surface area contributed by atoms with E-state index in [1.807, 2.05) is 13.8 Å². The van der Waals surface area contributed by atoms with Crippen LogP contribution in [0.3, 0.4) is 0 Å². The predicted molar refractivity (Wildman–Crippen MR) is 89.4 cm³/mol. The van der Waals surface area contributed by atoms with Gasteiger partial charge in [0, 0.05) is 12.4 Å². The minimum absolute atomic E-state index is 0.0497. The van der Waals surface area contributed by atoms with Crippen LogP contribution in [0.5, 0.6) is 0 Å². The Morgan fingerprint density at radius 1 is 1.23 bits per heavy atom. The third-order valence-corrected chi connectivity index (χ3v) is 3.76. The minimum Gasteiger partial charge on any atom is -0.365 e. The molecule has 0 radical (unpaired) electrons. The lowest BCUT2D eigenvalue weighted by atomic mass is 10.0. The van der Waals surface area contributed by atoms with E-state index in [1.165, 1.54) is 12.3 Å². The molecule has 1 amide bonds. The normalized spacial score (nSPS) is 10.8. The fourth-order valence-corrected chi connectivity index (χ4v) is 2.70. The summed E-state index contributed by atoms with van der Waals surface area (Å²) in [6, 6.07) is 1.35.